The summed E-state index contributed by atoms with van der Waals surface area (Å²) in [5, 5.41) is 22.3. The van der Waals surface area contributed by atoms with Crippen molar-refractivity contribution in [1.82, 2.24) is 0 Å². The minimum atomic E-state index is -1.02. The number of fused-ring (bicyclic) bond motifs is 1. The number of halogens is 2. The van der Waals surface area contributed by atoms with Crippen LogP contribution >= 0.6 is 23.2 Å². The second-order valence-electron chi connectivity index (χ2n) is 6.78. The number of hydrogen-bond donors (Lipinski definition) is 2. The van der Waals surface area contributed by atoms with Gasteiger partial charge in [-0.3, -0.25) is 0 Å². The van der Waals surface area contributed by atoms with Crippen LogP contribution in [-0.4, -0.2) is 47.8 Å². The van der Waals surface area contributed by atoms with Gasteiger partial charge in [0.25, 0.3) is 0 Å². The molecule has 6 atom stereocenters. The van der Waals surface area contributed by atoms with Crippen LogP contribution in [-0.2, 0) is 18.9 Å². The molecule has 6 nitrogen and oxygen atoms in total. The SMILES string of the molecule is O[C@@H]1COC(c2cccc(Cl)c2)O[C@H]2[C@@H]1OC(c1cccc(Cl)c1)OC[C@@H]2O. The maximum Gasteiger partial charge on any atom is 0.184 e. The van der Waals surface area contributed by atoms with E-state index in [4.69, 9.17) is 42.1 Å². The van der Waals surface area contributed by atoms with E-state index < -0.39 is 37.0 Å². The summed E-state index contributed by atoms with van der Waals surface area (Å²) in [5.74, 6) is 0. The van der Waals surface area contributed by atoms with E-state index in [1.807, 2.05) is 0 Å². The summed E-state index contributed by atoms with van der Waals surface area (Å²) in [5.41, 5.74) is 1.37. The largest absolute Gasteiger partial charge is 0.388 e. The Morgan fingerprint density at radius 1 is 0.714 bits per heavy atom. The van der Waals surface area contributed by atoms with Gasteiger partial charge in [0.1, 0.15) is 24.4 Å². The number of aliphatic hydroxyl groups is 2. The van der Waals surface area contributed by atoms with E-state index in [1.165, 1.54) is 0 Å². The lowest BCUT2D eigenvalue weighted by atomic mass is 10.0. The topological polar surface area (TPSA) is 77.4 Å². The van der Waals surface area contributed by atoms with Gasteiger partial charge in [-0.25, -0.2) is 0 Å². The van der Waals surface area contributed by atoms with Gasteiger partial charge in [0.2, 0.25) is 0 Å². The zero-order valence-electron chi connectivity index (χ0n) is 14.8. The fourth-order valence-electron chi connectivity index (χ4n) is 3.36. The molecule has 150 valence electrons. The molecule has 8 heteroatoms. The predicted molar refractivity (Wildman–Crippen MR) is 102 cm³/mol. The average Bonchev–Trinajstić information content (AvgIpc) is 2.94. The third-order valence-corrected chi connectivity index (χ3v) is 5.19. The van der Waals surface area contributed by atoms with Crippen molar-refractivity contribution in [1.29, 1.82) is 0 Å². The zero-order valence-corrected chi connectivity index (χ0v) is 16.3. The Morgan fingerprint density at radius 2 is 1.14 bits per heavy atom. The molecule has 0 saturated carbocycles. The molecule has 0 amide bonds. The van der Waals surface area contributed by atoms with E-state index in [0.717, 1.165) is 0 Å². The third kappa shape index (κ3) is 4.35. The summed E-state index contributed by atoms with van der Waals surface area (Å²) in [6, 6.07) is 14.1. The molecule has 2 aromatic rings. The number of ether oxygens (including phenoxy) is 4. The monoisotopic (exact) mass is 426 g/mol. The molecule has 0 radical (unpaired) electrons. The molecule has 2 aromatic carbocycles. The molecular weight excluding hydrogens is 407 g/mol. The Kier molecular flexibility index (Phi) is 6.20. The molecule has 0 spiro atoms. The Hall–Kier alpha value is -1.22. The molecule has 0 aliphatic carbocycles. The van der Waals surface area contributed by atoms with Gasteiger partial charge in [-0.05, 0) is 24.3 Å². The van der Waals surface area contributed by atoms with E-state index in [9.17, 15) is 10.2 Å². The van der Waals surface area contributed by atoms with Gasteiger partial charge >= 0.3 is 0 Å². The summed E-state index contributed by atoms with van der Waals surface area (Å²) in [6.07, 6.45) is -5.36. The second kappa shape index (κ2) is 8.65. The van der Waals surface area contributed by atoms with E-state index in [0.29, 0.717) is 21.2 Å². The maximum atomic E-state index is 10.6. The lowest BCUT2D eigenvalue weighted by Gasteiger charge is -2.29. The number of aliphatic hydroxyl groups excluding tert-OH is 2. The first-order chi connectivity index (χ1) is 13.5. The van der Waals surface area contributed by atoms with Gasteiger partial charge in [0.15, 0.2) is 12.6 Å². The van der Waals surface area contributed by atoms with Crippen LogP contribution in [0.25, 0.3) is 0 Å². The highest BCUT2D eigenvalue weighted by Gasteiger charge is 2.44. The summed E-state index contributed by atoms with van der Waals surface area (Å²) >= 11 is 12.1. The van der Waals surface area contributed by atoms with Crippen molar-refractivity contribution in [3.8, 4) is 0 Å². The van der Waals surface area contributed by atoms with Gasteiger partial charge < -0.3 is 29.2 Å². The first-order valence-corrected chi connectivity index (χ1v) is 9.68. The van der Waals surface area contributed by atoms with Crippen LogP contribution in [0.3, 0.4) is 0 Å². The smallest absolute Gasteiger partial charge is 0.184 e. The Morgan fingerprint density at radius 3 is 1.54 bits per heavy atom. The highest BCUT2D eigenvalue weighted by atomic mass is 35.5. The fourth-order valence-corrected chi connectivity index (χ4v) is 3.75. The standard InChI is InChI=1S/C20H20Cl2O6/c21-13-5-1-3-11(7-13)19-25-9-15(23)18-17(27-19)16(24)10-26-20(28-18)12-4-2-6-14(22)8-12/h1-8,15-20,23-24H,9-10H2/t15-,16+,17-,18-,19?,20?/m1/s1. The minimum absolute atomic E-state index is 0.0344. The molecule has 0 bridgehead atoms. The number of hydrogen-bond acceptors (Lipinski definition) is 6. The molecule has 28 heavy (non-hydrogen) atoms. The molecule has 2 aliphatic rings. The molecular formula is C20H20Cl2O6. The van der Waals surface area contributed by atoms with Crippen LogP contribution in [0.2, 0.25) is 10.0 Å². The van der Waals surface area contributed by atoms with Crippen molar-refractivity contribution in [3.05, 3.63) is 69.7 Å². The van der Waals surface area contributed by atoms with Crippen LogP contribution in [0.4, 0.5) is 0 Å². The van der Waals surface area contributed by atoms with Gasteiger partial charge in [0, 0.05) is 21.2 Å². The van der Waals surface area contributed by atoms with Crippen molar-refractivity contribution in [2.24, 2.45) is 0 Å². The van der Waals surface area contributed by atoms with Crippen LogP contribution < -0.4 is 0 Å². The minimum Gasteiger partial charge on any atom is -0.388 e. The van der Waals surface area contributed by atoms with Crippen LogP contribution in [0, 0.1) is 0 Å². The average molecular weight is 427 g/mol. The third-order valence-electron chi connectivity index (χ3n) is 4.72. The second-order valence-corrected chi connectivity index (χ2v) is 7.65. The number of benzene rings is 2. The van der Waals surface area contributed by atoms with E-state index >= 15 is 0 Å². The van der Waals surface area contributed by atoms with Gasteiger partial charge in [-0.1, -0.05) is 47.5 Å². The first-order valence-electron chi connectivity index (χ1n) is 8.92. The lowest BCUT2D eigenvalue weighted by Crippen LogP contribution is -2.46. The molecule has 2 unspecified atom stereocenters. The summed E-state index contributed by atoms with van der Waals surface area (Å²) < 4.78 is 23.4. The first kappa shape index (κ1) is 20.1. The fraction of sp³-hybridized carbons (Fsp3) is 0.400. The van der Waals surface area contributed by atoms with E-state index in [-0.39, 0.29) is 13.2 Å². The van der Waals surface area contributed by atoms with Crippen molar-refractivity contribution in [3.63, 3.8) is 0 Å². The molecule has 2 heterocycles. The molecule has 2 fully saturated rings. The normalized spacial score (nSPS) is 33.6. The van der Waals surface area contributed by atoms with Crippen LogP contribution in [0.1, 0.15) is 23.7 Å². The quantitative estimate of drug-likeness (QED) is 0.767. The van der Waals surface area contributed by atoms with Gasteiger partial charge in [-0.15, -0.1) is 0 Å². The Bertz CT molecular complexity index is 751. The van der Waals surface area contributed by atoms with Gasteiger partial charge in [0.05, 0.1) is 13.2 Å². The molecule has 0 aromatic heterocycles. The van der Waals surface area contributed by atoms with Crippen molar-refractivity contribution < 1.29 is 29.2 Å². The molecule has 2 aliphatic heterocycles. The highest BCUT2D eigenvalue weighted by molar-refractivity contribution is 6.30. The highest BCUT2D eigenvalue weighted by Crippen LogP contribution is 2.35. The summed E-state index contributed by atoms with van der Waals surface area (Å²) in [4.78, 5) is 0. The Labute approximate surface area is 172 Å². The van der Waals surface area contributed by atoms with E-state index in [2.05, 4.69) is 0 Å². The number of rotatable bonds is 2. The predicted octanol–water partition coefficient (Wildman–Crippen LogP) is 3.24. The lowest BCUT2D eigenvalue weighted by molar-refractivity contribution is -0.206. The maximum absolute atomic E-state index is 10.6. The summed E-state index contributed by atoms with van der Waals surface area (Å²) in [7, 11) is 0. The van der Waals surface area contributed by atoms with Gasteiger partial charge in [-0.2, -0.15) is 0 Å². The van der Waals surface area contributed by atoms with Crippen molar-refractivity contribution >= 4 is 23.2 Å². The molecule has 2 N–H and O–H groups in total. The summed E-state index contributed by atoms with van der Waals surface area (Å²) in [6.45, 7) is -0.0688. The van der Waals surface area contributed by atoms with Crippen LogP contribution in [0.5, 0.6) is 0 Å². The Balaban J connectivity index is 1.59. The van der Waals surface area contributed by atoms with Crippen molar-refractivity contribution in [2.75, 3.05) is 13.2 Å². The molecule has 4 rings (SSSR count). The zero-order chi connectivity index (χ0) is 19.7. The van der Waals surface area contributed by atoms with Crippen molar-refractivity contribution in [2.45, 2.75) is 37.0 Å². The molecule has 2 saturated heterocycles. The van der Waals surface area contributed by atoms with Crippen LogP contribution in [0.15, 0.2) is 48.5 Å². The van der Waals surface area contributed by atoms with E-state index in [1.54, 1.807) is 48.5 Å².